The number of carbonyl (C=O) groups excluding carboxylic acids is 2. The van der Waals surface area contributed by atoms with Crippen LogP contribution >= 0.6 is 0 Å². The van der Waals surface area contributed by atoms with Gasteiger partial charge in [0, 0.05) is 25.6 Å². The summed E-state index contributed by atoms with van der Waals surface area (Å²) in [6.45, 7) is 5.28. The highest BCUT2D eigenvalue weighted by atomic mass is 32.2. The molecule has 0 aliphatic rings. The minimum Gasteiger partial charge on any atom is -0.352 e. The number of anilines is 1. The van der Waals surface area contributed by atoms with E-state index in [1.807, 2.05) is 13.8 Å². The smallest absolute Gasteiger partial charge is 0.352 e. The molecule has 0 aliphatic heterocycles. The molecule has 0 saturated heterocycles. The lowest BCUT2D eigenvalue weighted by Gasteiger charge is -2.32. The summed E-state index contributed by atoms with van der Waals surface area (Å²) in [6.07, 6.45) is -2.96. The van der Waals surface area contributed by atoms with E-state index in [2.05, 4.69) is 5.32 Å². The van der Waals surface area contributed by atoms with Gasteiger partial charge < -0.3 is 10.2 Å². The Morgan fingerprint density at radius 3 is 2.21 bits per heavy atom. The van der Waals surface area contributed by atoms with Crippen LogP contribution in [0.25, 0.3) is 0 Å². The largest absolute Gasteiger partial charge is 0.416 e. The SMILES string of the molecule is CC[C@H](C(=O)N[C@@H](C)CC)N(Cc1ccc(F)cc1)C(=O)CCCN(c1cccc(C(F)(F)F)c1)S(C)(=O)=O. The number of sulfonamides is 1. The van der Waals surface area contributed by atoms with E-state index in [1.165, 1.54) is 35.2 Å². The van der Waals surface area contributed by atoms with Gasteiger partial charge in [-0.05, 0) is 62.1 Å². The Balaban J connectivity index is 2.26. The number of amides is 2. The van der Waals surface area contributed by atoms with E-state index in [4.69, 9.17) is 0 Å². The standard InChI is InChI=1S/C27H35F4N3O4S/c1-5-19(3)32-26(36)24(6-2)33(18-20-12-14-22(28)15-13-20)25(35)11-8-16-34(39(4,37)38)23-10-7-9-21(17-23)27(29,30)31/h7,9-10,12-15,17,19,24H,5-6,8,11,16,18H2,1-4H3,(H,32,36)/t19-,24+/m0/s1. The van der Waals surface area contributed by atoms with Crippen molar-refractivity contribution in [3.05, 3.63) is 65.5 Å². The molecule has 0 radical (unpaired) electrons. The minimum atomic E-state index is -4.65. The molecule has 0 heterocycles. The third-order valence-corrected chi connectivity index (χ3v) is 7.46. The van der Waals surface area contributed by atoms with Crippen LogP contribution in [0.5, 0.6) is 0 Å². The summed E-state index contributed by atoms with van der Waals surface area (Å²) in [5.41, 5.74) is -0.558. The summed E-state index contributed by atoms with van der Waals surface area (Å²) in [5.74, 6) is -1.24. The average molecular weight is 574 g/mol. The molecular weight excluding hydrogens is 538 g/mol. The summed E-state index contributed by atoms with van der Waals surface area (Å²) >= 11 is 0. The van der Waals surface area contributed by atoms with E-state index in [0.29, 0.717) is 18.4 Å². The van der Waals surface area contributed by atoms with Gasteiger partial charge in [-0.25, -0.2) is 12.8 Å². The predicted molar refractivity (Wildman–Crippen MR) is 142 cm³/mol. The molecule has 0 unspecified atom stereocenters. The van der Waals surface area contributed by atoms with Gasteiger partial charge in [-0.15, -0.1) is 0 Å². The molecule has 0 aliphatic carbocycles. The zero-order valence-electron chi connectivity index (χ0n) is 22.5. The lowest BCUT2D eigenvalue weighted by atomic mass is 10.1. The summed E-state index contributed by atoms with van der Waals surface area (Å²) in [5, 5.41) is 2.87. The summed E-state index contributed by atoms with van der Waals surface area (Å²) in [6, 6.07) is 8.53. The molecule has 39 heavy (non-hydrogen) atoms. The van der Waals surface area contributed by atoms with Crippen LogP contribution in [0, 0.1) is 5.82 Å². The van der Waals surface area contributed by atoms with Gasteiger partial charge in [0.1, 0.15) is 11.9 Å². The van der Waals surface area contributed by atoms with Crippen LogP contribution < -0.4 is 9.62 Å². The van der Waals surface area contributed by atoms with Crippen molar-refractivity contribution in [1.29, 1.82) is 0 Å². The van der Waals surface area contributed by atoms with Crippen LogP contribution in [0.3, 0.4) is 0 Å². The number of benzene rings is 2. The maximum Gasteiger partial charge on any atom is 0.416 e. The maximum atomic E-state index is 13.4. The van der Waals surface area contributed by atoms with Crippen molar-refractivity contribution in [3.8, 4) is 0 Å². The van der Waals surface area contributed by atoms with Crippen molar-refractivity contribution in [2.24, 2.45) is 0 Å². The van der Waals surface area contributed by atoms with Gasteiger partial charge in [-0.2, -0.15) is 13.2 Å². The number of hydrogen-bond acceptors (Lipinski definition) is 4. The Morgan fingerprint density at radius 1 is 1.03 bits per heavy atom. The Kier molecular flexibility index (Phi) is 11.3. The Labute approximate surface area is 227 Å². The van der Waals surface area contributed by atoms with Gasteiger partial charge in [0.2, 0.25) is 21.8 Å². The van der Waals surface area contributed by atoms with Crippen LogP contribution in [0.15, 0.2) is 48.5 Å². The van der Waals surface area contributed by atoms with Crippen LogP contribution in [0.2, 0.25) is 0 Å². The third kappa shape index (κ3) is 9.52. The fraction of sp³-hybridized carbons (Fsp3) is 0.481. The van der Waals surface area contributed by atoms with Gasteiger partial charge in [0.15, 0.2) is 0 Å². The number of rotatable bonds is 13. The maximum absolute atomic E-state index is 13.4. The van der Waals surface area contributed by atoms with Gasteiger partial charge in [0.05, 0.1) is 17.5 Å². The Hall–Kier alpha value is -3.15. The van der Waals surface area contributed by atoms with E-state index in [9.17, 15) is 35.6 Å². The first-order valence-electron chi connectivity index (χ1n) is 12.7. The van der Waals surface area contributed by atoms with Gasteiger partial charge in [-0.3, -0.25) is 13.9 Å². The normalized spacial score (nSPS) is 13.4. The van der Waals surface area contributed by atoms with Gasteiger partial charge in [-0.1, -0.05) is 32.0 Å². The molecule has 2 rings (SSSR count). The zero-order chi connectivity index (χ0) is 29.4. The van der Waals surface area contributed by atoms with Crippen LogP contribution in [-0.2, 0) is 32.3 Å². The van der Waals surface area contributed by atoms with Crippen molar-refractivity contribution < 1.29 is 35.6 Å². The molecule has 0 aromatic heterocycles. The molecule has 0 fully saturated rings. The fourth-order valence-corrected chi connectivity index (χ4v) is 4.95. The van der Waals surface area contributed by atoms with E-state index < -0.39 is 39.5 Å². The van der Waals surface area contributed by atoms with Crippen molar-refractivity contribution in [3.63, 3.8) is 0 Å². The third-order valence-electron chi connectivity index (χ3n) is 6.27. The highest BCUT2D eigenvalue weighted by molar-refractivity contribution is 7.92. The van der Waals surface area contributed by atoms with Crippen molar-refractivity contribution in [2.75, 3.05) is 17.1 Å². The van der Waals surface area contributed by atoms with Crippen molar-refractivity contribution in [2.45, 2.75) is 71.3 Å². The van der Waals surface area contributed by atoms with E-state index >= 15 is 0 Å². The van der Waals surface area contributed by atoms with Crippen LogP contribution in [-0.4, -0.2) is 50.0 Å². The number of carbonyl (C=O) groups is 2. The molecule has 2 atom stereocenters. The quantitative estimate of drug-likeness (QED) is 0.338. The number of alkyl halides is 3. The second-order valence-corrected chi connectivity index (χ2v) is 11.3. The molecule has 0 bridgehead atoms. The lowest BCUT2D eigenvalue weighted by molar-refractivity contribution is -0.141. The molecule has 0 saturated carbocycles. The van der Waals surface area contributed by atoms with Crippen molar-refractivity contribution in [1.82, 2.24) is 10.2 Å². The monoisotopic (exact) mass is 573 g/mol. The van der Waals surface area contributed by atoms with E-state index in [0.717, 1.165) is 28.8 Å². The predicted octanol–water partition coefficient (Wildman–Crippen LogP) is 5.11. The van der Waals surface area contributed by atoms with Gasteiger partial charge in [0.25, 0.3) is 0 Å². The molecule has 2 amide bonds. The average Bonchev–Trinajstić information content (AvgIpc) is 2.86. The number of nitrogens with zero attached hydrogens (tertiary/aromatic N) is 2. The topological polar surface area (TPSA) is 86.8 Å². The fourth-order valence-electron chi connectivity index (χ4n) is 3.99. The van der Waals surface area contributed by atoms with E-state index in [1.54, 1.807) is 6.92 Å². The molecule has 1 N–H and O–H groups in total. The van der Waals surface area contributed by atoms with Crippen molar-refractivity contribution >= 4 is 27.5 Å². The second kappa shape index (κ2) is 13.8. The first-order chi connectivity index (χ1) is 18.2. The second-order valence-electron chi connectivity index (χ2n) is 9.38. The Bertz CT molecular complexity index is 1220. The molecule has 0 spiro atoms. The molecular formula is C27H35F4N3O4S. The molecule has 12 heteroatoms. The highest BCUT2D eigenvalue weighted by Gasteiger charge is 2.32. The number of halogens is 4. The van der Waals surface area contributed by atoms with Crippen LogP contribution in [0.1, 0.15) is 57.6 Å². The first kappa shape index (κ1) is 32.1. The lowest BCUT2D eigenvalue weighted by Crippen LogP contribution is -2.50. The summed E-state index contributed by atoms with van der Waals surface area (Å²) in [7, 11) is -3.96. The van der Waals surface area contributed by atoms with Gasteiger partial charge >= 0.3 is 6.18 Å². The van der Waals surface area contributed by atoms with E-state index in [-0.39, 0.29) is 43.6 Å². The highest BCUT2D eigenvalue weighted by Crippen LogP contribution is 2.32. The first-order valence-corrected chi connectivity index (χ1v) is 14.5. The summed E-state index contributed by atoms with van der Waals surface area (Å²) in [4.78, 5) is 27.8. The minimum absolute atomic E-state index is 0.00845. The molecule has 2 aromatic rings. The molecule has 216 valence electrons. The molecule has 2 aromatic carbocycles. The Morgan fingerprint density at radius 2 is 1.67 bits per heavy atom. The number of nitrogens with one attached hydrogen (secondary N) is 1. The zero-order valence-corrected chi connectivity index (χ0v) is 23.3. The summed E-state index contributed by atoms with van der Waals surface area (Å²) < 4.78 is 78.6. The molecule has 7 nitrogen and oxygen atoms in total. The van der Waals surface area contributed by atoms with Crippen LogP contribution in [0.4, 0.5) is 23.2 Å². The number of hydrogen-bond donors (Lipinski definition) is 1.